The van der Waals surface area contributed by atoms with Crippen LogP contribution in [0.1, 0.15) is 17.2 Å². The van der Waals surface area contributed by atoms with Crippen molar-refractivity contribution < 1.29 is 9.47 Å². The number of aliphatic imine (C=N–C) groups is 1. The van der Waals surface area contributed by atoms with E-state index in [9.17, 15) is 0 Å². The van der Waals surface area contributed by atoms with Crippen molar-refractivity contribution in [2.24, 2.45) is 4.99 Å². The third-order valence-electron chi connectivity index (χ3n) is 4.94. The van der Waals surface area contributed by atoms with Crippen LogP contribution in [-0.2, 0) is 9.47 Å². The van der Waals surface area contributed by atoms with Crippen LogP contribution in [0.5, 0.6) is 0 Å². The summed E-state index contributed by atoms with van der Waals surface area (Å²) in [6.45, 7) is 8.07. The van der Waals surface area contributed by atoms with Crippen molar-refractivity contribution in [3.05, 3.63) is 35.4 Å². The van der Waals surface area contributed by atoms with E-state index < -0.39 is 0 Å². The lowest BCUT2D eigenvalue weighted by Crippen LogP contribution is -2.52. The number of hydrogen-bond acceptors (Lipinski definition) is 4. The molecule has 6 nitrogen and oxygen atoms in total. The molecule has 146 valence electrons. The molecule has 2 heterocycles. The van der Waals surface area contributed by atoms with Gasteiger partial charge in [-0.05, 0) is 25.1 Å². The SMILES string of the molecule is CN=C(NCC1CN(C)CCO1)N1CCOC(c2ccccc2C)C1.I. The Kier molecular flexibility index (Phi) is 8.59. The second-order valence-corrected chi connectivity index (χ2v) is 6.85. The molecule has 7 heteroatoms. The maximum absolute atomic E-state index is 6.02. The predicted octanol–water partition coefficient (Wildman–Crippen LogP) is 1.89. The van der Waals surface area contributed by atoms with Gasteiger partial charge in [0.2, 0.25) is 0 Å². The second kappa shape index (κ2) is 10.4. The van der Waals surface area contributed by atoms with Crippen LogP contribution in [0.25, 0.3) is 0 Å². The fraction of sp³-hybridized carbons (Fsp3) is 0.632. The van der Waals surface area contributed by atoms with Gasteiger partial charge in [0, 0.05) is 33.2 Å². The van der Waals surface area contributed by atoms with Gasteiger partial charge in [0.05, 0.1) is 25.9 Å². The summed E-state index contributed by atoms with van der Waals surface area (Å²) in [5.74, 6) is 0.929. The Balaban J connectivity index is 0.00000243. The summed E-state index contributed by atoms with van der Waals surface area (Å²) in [5, 5.41) is 3.48. The number of hydrogen-bond donors (Lipinski definition) is 1. The maximum Gasteiger partial charge on any atom is 0.193 e. The van der Waals surface area contributed by atoms with Crippen molar-refractivity contribution in [2.45, 2.75) is 19.1 Å². The number of guanidine groups is 1. The zero-order valence-corrected chi connectivity index (χ0v) is 18.3. The van der Waals surface area contributed by atoms with Crippen LogP contribution in [0.15, 0.2) is 29.3 Å². The summed E-state index contributed by atoms with van der Waals surface area (Å²) in [6, 6.07) is 8.45. The zero-order chi connectivity index (χ0) is 17.6. The minimum atomic E-state index is 0. The summed E-state index contributed by atoms with van der Waals surface area (Å²) >= 11 is 0. The second-order valence-electron chi connectivity index (χ2n) is 6.85. The summed E-state index contributed by atoms with van der Waals surface area (Å²) in [7, 11) is 3.98. The van der Waals surface area contributed by atoms with E-state index >= 15 is 0 Å². The van der Waals surface area contributed by atoms with Crippen molar-refractivity contribution in [3.8, 4) is 0 Å². The van der Waals surface area contributed by atoms with Gasteiger partial charge in [0.25, 0.3) is 0 Å². The van der Waals surface area contributed by atoms with E-state index in [1.807, 2.05) is 7.05 Å². The summed E-state index contributed by atoms with van der Waals surface area (Å²) in [5.41, 5.74) is 2.54. The van der Waals surface area contributed by atoms with Crippen molar-refractivity contribution in [1.82, 2.24) is 15.1 Å². The first-order chi connectivity index (χ1) is 12.2. The summed E-state index contributed by atoms with van der Waals surface area (Å²) < 4.78 is 11.9. The minimum absolute atomic E-state index is 0. The van der Waals surface area contributed by atoms with Crippen LogP contribution < -0.4 is 5.32 Å². The highest BCUT2D eigenvalue weighted by Crippen LogP contribution is 2.24. The molecule has 1 aromatic carbocycles. The van der Waals surface area contributed by atoms with Gasteiger partial charge < -0.3 is 24.6 Å². The molecule has 3 rings (SSSR count). The Bertz CT molecular complexity index is 599. The molecule has 2 aliphatic rings. The molecule has 0 amide bonds. The Morgan fingerprint density at radius 2 is 1.96 bits per heavy atom. The number of ether oxygens (including phenoxy) is 2. The molecule has 2 atom stereocenters. The number of halogens is 1. The largest absolute Gasteiger partial charge is 0.374 e. The Hall–Kier alpha value is -0.900. The fourth-order valence-corrected chi connectivity index (χ4v) is 3.51. The van der Waals surface area contributed by atoms with Crippen molar-refractivity contribution in [2.75, 3.05) is 60.0 Å². The van der Waals surface area contributed by atoms with Crippen LogP contribution in [0.4, 0.5) is 0 Å². The van der Waals surface area contributed by atoms with E-state index in [0.29, 0.717) is 6.61 Å². The number of rotatable bonds is 3. The average Bonchev–Trinajstić information content (AvgIpc) is 2.63. The molecule has 0 saturated carbocycles. The van der Waals surface area contributed by atoms with Gasteiger partial charge >= 0.3 is 0 Å². The average molecular weight is 474 g/mol. The van der Waals surface area contributed by atoms with E-state index in [0.717, 1.165) is 45.3 Å². The van der Waals surface area contributed by atoms with E-state index in [-0.39, 0.29) is 36.2 Å². The first kappa shape index (κ1) is 21.4. The predicted molar refractivity (Wildman–Crippen MR) is 115 cm³/mol. The molecule has 2 fully saturated rings. The van der Waals surface area contributed by atoms with Gasteiger partial charge in [-0.25, -0.2) is 0 Å². The standard InChI is InChI=1S/C19H30N4O2.HI/c1-15-6-4-5-7-17(15)18-14-23(9-11-25-18)19(20-2)21-12-16-13-22(3)8-10-24-16;/h4-7,16,18H,8-14H2,1-3H3,(H,20,21);1H. The lowest BCUT2D eigenvalue weighted by molar-refractivity contribution is -0.0190. The number of benzene rings is 1. The lowest BCUT2D eigenvalue weighted by atomic mass is 10.0. The molecule has 2 saturated heterocycles. The summed E-state index contributed by atoms with van der Waals surface area (Å²) in [6.07, 6.45) is 0.300. The van der Waals surface area contributed by atoms with E-state index in [2.05, 4.69) is 58.3 Å². The first-order valence-corrected chi connectivity index (χ1v) is 9.10. The molecular weight excluding hydrogens is 443 g/mol. The van der Waals surface area contributed by atoms with Crippen LogP contribution in [0, 0.1) is 6.92 Å². The Morgan fingerprint density at radius 1 is 1.19 bits per heavy atom. The molecule has 0 aromatic heterocycles. The topological polar surface area (TPSA) is 49.3 Å². The van der Waals surface area contributed by atoms with Crippen LogP contribution in [0.3, 0.4) is 0 Å². The van der Waals surface area contributed by atoms with E-state index in [1.54, 1.807) is 0 Å². The molecule has 2 aliphatic heterocycles. The highest BCUT2D eigenvalue weighted by atomic mass is 127. The Labute approximate surface area is 173 Å². The van der Waals surface area contributed by atoms with Crippen LogP contribution in [-0.4, -0.2) is 81.9 Å². The number of nitrogens with zero attached hydrogens (tertiary/aromatic N) is 3. The molecule has 0 bridgehead atoms. The number of likely N-dealkylation sites (N-methyl/N-ethyl adjacent to an activating group) is 1. The summed E-state index contributed by atoms with van der Waals surface area (Å²) in [4.78, 5) is 9.06. The quantitative estimate of drug-likeness (QED) is 0.412. The van der Waals surface area contributed by atoms with E-state index in [4.69, 9.17) is 9.47 Å². The molecule has 0 aliphatic carbocycles. The lowest BCUT2D eigenvalue weighted by Gasteiger charge is -2.37. The zero-order valence-electron chi connectivity index (χ0n) is 16.0. The molecule has 26 heavy (non-hydrogen) atoms. The van der Waals surface area contributed by atoms with Crippen molar-refractivity contribution in [1.29, 1.82) is 0 Å². The van der Waals surface area contributed by atoms with E-state index in [1.165, 1.54) is 11.1 Å². The van der Waals surface area contributed by atoms with Gasteiger partial charge in [-0.15, -0.1) is 24.0 Å². The van der Waals surface area contributed by atoms with Gasteiger partial charge in [-0.3, -0.25) is 4.99 Å². The van der Waals surface area contributed by atoms with Crippen molar-refractivity contribution in [3.63, 3.8) is 0 Å². The van der Waals surface area contributed by atoms with Crippen LogP contribution >= 0.6 is 24.0 Å². The first-order valence-electron chi connectivity index (χ1n) is 9.10. The number of morpholine rings is 2. The van der Waals surface area contributed by atoms with Crippen LogP contribution in [0.2, 0.25) is 0 Å². The molecule has 1 N–H and O–H groups in total. The highest BCUT2D eigenvalue weighted by molar-refractivity contribution is 14.0. The maximum atomic E-state index is 6.02. The minimum Gasteiger partial charge on any atom is -0.374 e. The van der Waals surface area contributed by atoms with Gasteiger partial charge in [-0.2, -0.15) is 0 Å². The molecular formula is C19H31IN4O2. The number of aryl methyl sites for hydroxylation is 1. The fourth-order valence-electron chi connectivity index (χ4n) is 3.51. The van der Waals surface area contributed by atoms with Gasteiger partial charge in [0.15, 0.2) is 5.96 Å². The monoisotopic (exact) mass is 474 g/mol. The van der Waals surface area contributed by atoms with Gasteiger partial charge in [-0.1, -0.05) is 24.3 Å². The third-order valence-corrected chi connectivity index (χ3v) is 4.94. The molecule has 1 aromatic rings. The Morgan fingerprint density at radius 3 is 2.69 bits per heavy atom. The third kappa shape index (κ3) is 5.55. The molecule has 0 spiro atoms. The molecule has 2 unspecified atom stereocenters. The number of nitrogens with one attached hydrogen (secondary N) is 1. The van der Waals surface area contributed by atoms with Gasteiger partial charge in [0.1, 0.15) is 6.10 Å². The highest BCUT2D eigenvalue weighted by Gasteiger charge is 2.26. The van der Waals surface area contributed by atoms with Crippen molar-refractivity contribution >= 4 is 29.9 Å². The normalized spacial score (nSPS) is 24.9. The molecule has 0 radical (unpaired) electrons. The smallest absolute Gasteiger partial charge is 0.193 e.